The van der Waals surface area contributed by atoms with Crippen LogP contribution in [0.3, 0.4) is 0 Å². The third kappa shape index (κ3) is 1.96. The van der Waals surface area contributed by atoms with Gasteiger partial charge >= 0.3 is 93.7 Å². The molecule has 1 aromatic heterocycles. The molecule has 1 atom stereocenters. The molecular formula is C8H12InN3S. The van der Waals surface area contributed by atoms with Crippen LogP contribution in [-0.2, 0) is 0 Å². The zero-order valence-electron chi connectivity index (χ0n) is 7.66. The van der Waals surface area contributed by atoms with Crippen LogP contribution in [0.1, 0.15) is 26.2 Å². The van der Waals surface area contributed by atoms with Crippen molar-refractivity contribution in [2.45, 2.75) is 29.9 Å². The second kappa shape index (κ2) is 4.09. The average Bonchev–Trinajstić information content (AvgIpc) is 2.71. The molecule has 0 spiro atoms. The van der Waals surface area contributed by atoms with Crippen LogP contribution < -0.4 is 0 Å². The second-order valence-electron chi connectivity index (χ2n) is 3.37. The Balaban J connectivity index is 2.29. The summed E-state index contributed by atoms with van der Waals surface area (Å²) in [6.07, 6.45) is 5.67. The Morgan fingerprint density at radius 3 is 3.23 bits per heavy atom. The van der Waals surface area contributed by atoms with E-state index in [4.69, 9.17) is 12.2 Å². The van der Waals surface area contributed by atoms with E-state index in [0.717, 1.165) is 3.67 Å². The number of hydrogen-bond donors (Lipinski definition) is 1. The molecule has 68 valence electrons. The van der Waals surface area contributed by atoms with E-state index in [9.17, 15) is 0 Å². The van der Waals surface area contributed by atoms with E-state index < -0.39 is 22.4 Å². The molecule has 2 heterocycles. The van der Waals surface area contributed by atoms with E-state index in [1.54, 1.807) is 9.71 Å². The van der Waals surface area contributed by atoms with Gasteiger partial charge in [-0.25, -0.2) is 0 Å². The number of nitrogens with one attached hydrogen (secondary N) is 1. The molecule has 1 aliphatic rings. The predicted molar refractivity (Wildman–Crippen MR) is 56.8 cm³/mol. The molecule has 0 amide bonds. The fourth-order valence-corrected chi connectivity index (χ4v) is 7.35. The first-order valence-corrected chi connectivity index (χ1v) is 8.60. The summed E-state index contributed by atoms with van der Waals surface area (Å²) in [6.45, 7) is 2.30. The zero-order valence-corrected chi connectivity index (χ0v) is 11.8. The van der Waals surface area contributed by atoms with Gasteiger partial charge in [0.15, 0.2) is 0 Å². The number of rotatable bonds is 2. The Bertz CT molecular complexity index is 379. The van der Waals surface area contributed by atoms with Crippen LogP contribution in [0, 0.1) is 4.77 Å². The first kappa shape index (κ1) is 9.65. The van der Waals surface area contributed by atoms with Gasteiger partial charge in [-0.05, 0) is 0 Å². The van der Waals surface area contributed by atoms with Crippen LogP contribution in [0.5, 0.6) is 0 Å². The van der Waals surface area contributed by atoms with Crippen LogP contribution in [0.4, 0.5) is 0 Å². The molecule has 0 aliphatic carbocycles. The van der Waals surface area contributed by atoms with Gasteiger partial charge in [0.25, 0.3) is 0 Å². The summed E-state index contributed by atoms with van der Waals surface area (Å²) >= 11 is 4.59. The van der Waals surface area contributed by atoms with Crippen molar-refractivity contribution in [1.82, 2.24) is 14.8 Å². The molecule has 0 radical (unpaired) electrons. The monoisotopic (exact) mass is 297 g/mol. The van der Waals surface area contributed by atoms with Gasteiger partial charge in [-0.15, -0.1) is 0 Å². The quantitative estimate of drug-likeness (QED) is 0.842. The van der Waals surface area contributed by atoms with E-state index in [2.05, 4.69) is 17.0 Å². The molecular weight excluding hydrogens is 285 g/mol. The molecule has 0 fully saturated rings. The molecule has 5 heteroatoms. The Labute approximate surface area is 93.4 Å². The number of aromatic amines is 1. The van der Waals surface area contributed by atoms with Gasteiger partial charge in [0.1, 0.15) is 0 Å². The van der Waals surface area contributed by atoms with Crippen molar-refractivity contribution in [3.05, 3.63) is 11.1 Å². The van der Waals surface area contributed by atoms with Crippen molar-refractivity contribution in [1.29, 1.82) is 0 Å². The van der Waals surface area contributed by atoms with Crippen molar-refractivity contribution in [2.75, 3.05) is 0 Å². The van der Waals surface area contributed by atoms with E-state index in [1.807, 2.05) is 4.68 Å². The van der Waals surface area contributed by atoms with Crippen LogP contribution in [0.2, 0.25) is 3.67 Å². The maximum atomic E-state index is 5.13. The molecule has 1 unspecified atom stereocenters. The number of H-pyrrole nitrogens is 1. The predicted octanol–water partition coefficient (Wildman–Crippen LogP) is 1.62. The molecule has 1 aromatic rings. The van der Waals surface area contributed by atoms with Crippen LogP contribution in [-0.4, -0.2) is 40.6 Å². The normalized spacial score (nSPS) is 21.3. The third-order valence-electron chi connectivity index (χ3n) is 2.56. The molecule has 3 nitrogen and oxygen atoms in total. The SMILES string of the molecule is CC[CH]1CC[C](n2[nH]cnc2=S)=[In]1. The minimum atomic E-state index is -0.538. The molecule has 13 heavy (non-hydrogen) atoms. The van der Waals surface area contributed by atoms with Gasteiger partial charge < -0.3 is 0 Å². The second-order valence-corrected chi connectivity index (χ2v) is 9.28. The van der Waals surface area contributed by atoms with Gasteiger partial charge in [0.05, 0.1) is 0 Å². The number of nitrogens with zero attached hydrogens (tertiary/aromatic N) is 2. The summed E-state index contributed by atoms with van der Waals surface area (Å²) in [6, 6.07) is 0. The van der Waals surface area contributed by atoms with E-state index >= 15 is 0 Å². The molecule has 0 aromatic carbocycles. The van der Waals surface area contributed by atoms with Gasteiger partial charge in [-0.2, -0.15) is 0 Å². The summed E-state index contributed by atoms with van der Waals surface area (Å²) in [7, 11) is 0. The molecule has 1 aliphatic heterocycles. The van der Waals surface area contributed by atoms with Gasteiger partial charge in [0, 0.05) is 0 Å². The minimum absolute atomic E-state index is 0.538. The van der Waals surface area contributed by atoms with E-state index in [-0.39, 0.29) is 0 Å². The topological polar surface area (TPSA) is 33.6 Å². The first-order valence-electron chi connectivity index (χ1n) is 4.64. The van der Waals surface area contributed by atoms with Crippen molar-refractivity contribution in [2.24, 2.45) is 0 Å². The summed E-state index contributed by atoms with van der Waals surface area (Å²) in [5.74, 6) is 0. The van der Waals surface area contributed by atoms with Crippen molar-refractivity contribution in [3.63, 3.8) is 0 Å². The summed E-state index contributed by atoms with van der Waals surface area (Å²) in [5.41, 5.74) is 0. The average molecular weight is 297 g/mol. The molecule has 0 bridgehead atoms. The summed E-state index contributed by atoms with van der Waals surface area (Å²) in [5, 5.41) is 3.10. The summed E-state index contributed by atoms with van der Waals surface area (Å²) < 4.78 is 5.37. The van der Waals surface area contributed by atoms with Crippen LogP contribution in [0.25, 0.3) is 0 Å². The van der Waals surface area contributed by atoms with Crippen molar-refractivity contribution in [3.8, 4) is 0 Å². The van der Waals surface area contributed by atoms with E-state index in [1.165, 1.54) is 19.3 Å². The Kier molecular flexibility index (Phi) is 3.03. The van der Waals surface area contributed by atoms with Gasteiger partial charge in [0.2, 0.25) is 0 Å². The maximum absolute atomic E-state index is 5.13. The number of aromatic nitrogens is 3. The standard InChI is InChI=1S/C8H12N3S.In/c1-2-3-4-5-6-11-8(12)9-7-10-11;/h3,7H,2,4-5H2,1H3,(H,9,10,12);. The third-order valence-corrected chi connectivity index (χ3v) is 9.15. The van der Waals surface area contributed by atoms with Gasteiger partial charge in [-0.1, -0.05) is 0 Å². The molecule has 2 rings (SSSR count). The van der Waals surface area contributed by atoms with Gasteiger partial charge in [-0.3, -0.25) is 0 Å². The first-order chi connectivity index (χ1) is 6.31. The Hall–Kier alpha value is 0.100. The fraction of sp³-hybridized carbons (Fsp3) is 0.625. The summed E-state index contributed by atoms with van der Waals surface area (Å²) in [4.78, 5) is 4.04. The fourth-order valence-electron chi connectivity index (χ4n) is 1.74. The molecule has 1 N–H and O–H groups in total. The zero-order chi connectivity index (χ0) is 9.26. The van der Waals surface area contributed by atoms with Crippen LogP contribution in [0.15, 0.2) is 6.33 Å². The van der Waals surface area contributed by atoms with Crippen molar-refractivity contribution >= 4 is 38.0 Å². The van der Waals surface area contributed by atoms with Crippen LogP contribution >= 0.6 is 12.2 Å². The Morgan fingerprint density at radius 2 is 2.69 bits per heavy atom. The van der Waals surface area contributed by atoms with Crippen molar-refractivity contribution < 1.29 is 0 Å². The molecule has 0 saturated carbocycles. The van der Waals surface area contributed by atoms with E-state index in [0.29, 0.717) is 4.77 Å². The number of hydrogen-bond acceptors (Lipinski definition) is 2. The molecule has 0 saturated heterocycles. The Morgan fingerprint density at radius 1 is 1.85 bits per heavy atom.